The van der Waals surface area contributed by atoms with Crippen LogP contribution in [0.5, 0.6) is 0 Å². The quantitative estimate of drug-likeness (QED) is 0.494. The van der Waals surface area contributed by atoms with Crippen molar-refractivity contribution >= 4 is 6.08 Å². The average molecular weight is 457 g/mol. The second-order valence-corrected chi connectivity index (χ2v) is 7.44. The van der Waals surface area contributed by atoms with E-state index in [4.69, 9.17) is 0 Å². The van der Waals surface area contributed by atoms with Crippen LogP contribution in [0.15, 0.2) is 52.1 Å². The van der Waals surface area contributed by atoms with Gasteiger partial charge in [-0.25, -0.2) is 0 Å². The van der Waals surface area contributed by atoms with Crippen LogP contribution >= 0.6 is 0 Å². The largest absolute Gasteiger partial charge is 1.00 e. The Labute approximate surface area is 167 Å². The molecule has 2 aliphatic carbocycles. The zero-order valence-electron chi connectivity index (χ0n) is 13.7. The maximum Gasteiger partial charge on any atom is -1.00 e. The number of hydrogen-bond donors (Lipinski definition) is 0. The van der Waals surface area contributed by atoms with E-state index >= 15 is 0 Å². The van der Waals surface area contributed by atoms with Crippen LogP contribution in [0.1, 0.15) is 50.0 Å². The van der Waals surface area contributed by atoms with Gasteiger partial charge in [0.1, 0.15) is 0 Å². The fraction of sp³-hybridized carbons (Fsp3) is 0.368. The number of allylic oxidation sites excluding steroid dienone is 5. The molecule has 3 rings (SSSR count). The average Bonchev–Trinajstić information content (AvgIpc) is 2.81. The summed E-state index contributed by atoms with van der Waals surface area (Å²) in [6, 6.07) is 8.81. The molecule has 0 aromatic heterocycles. The Morgan fingerprint density at radius 2 is 1.55 bits per heavy atom. The molecule has 2 aliphatic rings. The van der Waals surface area contributed by atoms with E-state index in [1.165, 1.54) is 33.4 Å². The number of rotatable bonds is 1. The summed E-state index contributed by atoms with van der Waals surface area (Å²) in [5.41, 5.74) is 10.6. The van der Waals surface area contributed by atoms with Crippen LogP contribution in [0.4, 0.5) is 0 Å². The smallest absolute Gasteiger partial charge is 1.00 e. The van der Waals surface area contributed by atoms with Gasteiger partial charge in [-0.05, 0) is 0 Å². The number of benzene rings is 1. The molecule has 0 nitrogen and oxygen atoms in total. The molecule has 0 fully saturated rings. The van der Waals surface area contributed by atoms with Crippen molar-refractivity contribution in [2.24, 2.45) is 5.41 Å². The molecule has 115 valence electrons. The van der Waals surface area contributed by atoms with Gasteiger partial charge in [0.25, 0.3) is 0 Å². The predicted molar refractivity (Wildman–Crippen MR) is 82.0 cm³/mol. The standard InChI is InChI=1S/C19H21.2BrH.Ti/c1-12-13(2)18(19(4,5)14(12)3)17-10-15-8-6-7-9-16(15)11-17;;;/h6-11H,1-5H3;2*1H;/q;;;+2/p-2. The topological polar surface area (TPSA) is 0 Å². The summed E-state index contributed by atoms with van der Waals surface area (Å²) in [4.78, 5) is 0. The molecule has 0 N–H and O–H groups in total. The summed E-state index contributed by atoms with van der Waals surface area (Å²) in [6.45, 7) is 11.6. The Balaban J connectivity index is 0.00000121. The van der Waals surface area contributed by atoms with Crippen LogP contribution in [0.2, 0.25) is 0 Å². The zero-order chi connectivity index (χ0) is 14.7. The summed E-state index contributed by atoms with van der Waals surface area (Å²) in [5, 5.41) is 0. The van der Waals surface area contributed by atoms with Gasteiger partial charge in [0.05, 0.1) is 0 Å². The molecule has 1 aromatic carbocycles. The number of fused-ring (bicyclic) bond motifs is 1. The third-order valence-electron chi connectivity index (χ3n) is 5.28. The molecule has 0 amide bonds. The molecule has 0 heterocycles. The second kappa shape index (κ2) is 6.93. The Morgan fingerprint density at radius 1 is 0.955 bits per heavy atom. The fourth-order valence-electron chi connectivity index (χ4n) is 3.71. The molecular formula is C19H21Br2Ti. The van der Waals surface area contributed by atoms with E-state index in [1.54, 1.807) is 5.57 Å². The second-order valence-electron chi connectivity index (χ2n) is 6.54. The first kappa shape index (κ1) is 20.2. The van der Waals surface area contributed by atoms with Gasteiger partial charge in [0.2, 0.25) is 0 Å². The van der Waals surface area contributed by atoms with Crippen molar-refractivity contribution in [2.75, 3.05) is 0 Å². The van der Waals surface area contributed by atoms with Crippen LogP contribution in [0.3, 0.4) is 0 Å². The van der Waals surface area contributed by atoms with Crippen molar-refractivity contribution in [2.45, 2.75) is 38.8 Å². The first-order valence-corrected chi connectivity index (χ1v) is 8.17. The summed E-state index contributed by atoms with van der Waals surface area (Å²) in [7, 11) is 0. The minimum atomic E-state index is 0. The van der Waals surface area contributed by atoms with E-state index in [9.17, 15) is 0 Å². The number of halogens is 2. The summed E-state index contributed by atoms with van der Waals surface area (Å²) in [5.74, 6) is 0. The molecule has 1 atom stereocenters. The first-order valence-electron chi connectivity index (χ1n) is 7.27. The SMILES string of the molecule is CC1=C(C)C(C)(C)C(C2=Cc3ccccc3[CH]2[Ti+2])=C1C.[Br-].[Br-]. The van der Waals surface area contributed by atoms with Crippen molar-refractivity contribution in [1.82, 2.24) is 0 Å². The Kier molecular flexibility index (Phi) is 6.35. The summed E-state index contributed by atoms with van der Waals surface area (Å²) >= 11 is 2.34. The molecule has 22 heavy (non-hydrogen) atoms. The van der Waals surface area contributed by atoms with Crippen LogP contribution in [0, 0.1) is 5.41 Å². The normalized spacial score (nSPS) is 22.1. The molecule has 3 heteroatoms. The molecule has 0 bridgehead atoms. The first-order chi connectivity index (χ1) is 9.35. The van der Waals surface area contributed by atoms with E-state index in [1.807, 2.05) is 0 Å². The van der Waals surface area contributed by atoms with Crippen LogP contribution in [-0.4, -0.2) is 0 Å². The van der Waals surface area contributed by atoms with E-state index in [-0.39, 0.29) is 39.4 Å². The van der Waals surface area contributed by atoms with Crippen molar-refractivity contribution in [3.8, 4) is 0 Å². The minimum absolute atomic E-state index is 0. The molecule has 0 spiro atoms. The van der Waals surface area contributed by atoms with Crippen LogP contribution in [-0.2, 0) is 20.4 Å². The molecule has 0 saturated heterocycles. The zero-order valence-corrected chi connectivity index (χ0v) is 18.5. The van der Waals surface area contributed by atoms with Gasteiger partial charge in [0, 0.05) is 0 Å². The monoisotopic (exact) mass is 455 g/mol. The maximum atomic E-state index is 2.41. The van der Waals surface area contributed by atoms with E-state index < -0.39 is 0 Å². The van der Waals surface area contributed by atoms with Gasteiger partial charge < -0.3 is 34.0 Å². The minimum Gasteiger partial charge on any atom is -1.00 e. The van der Waals surface area contributed by atoms with Gasteiger partial charge >= 0.3 is 134 Å². The van der Waals surface area contributed by atoms with Crippen molar-refractivity contribution in [1.29, 1.82) is 0 Å². The molecule has 0 saturated carbocycles. The van der Waals surface area contributed by atoms with Gasteiger partial charge in [-0.15, -0.1) is 0 Å². The van der Waals surface area contributed by atoms with E-state index in [0.29, 0.717) is 4.22 Å². The molecular weight excluding hydrogens is 436 g/mol. The van der Waals surface area contributed by atoms with Gasteiger partial charge in [-0.1, -0.05) is 0 Å². The fourth-order valence-corrected chi connectivity index (χ4v) is 4.48. The van der Waals surface area contributed by atoms with Crippen molar-refractivity contribution in [3.63, 3.8) is 0 Å². The third-order valence-corrected chi connectivity index (χ3v) is 6.25. The number of hydrogen-bond acceptors (Lipinski definition) is 0. The molecule has 0 aliphatic heterocycles. The van der Waals surface area contributed by atoms with Crippen LogP contribution < -0.4 is 34.0 Å². The van der Waals surface area contributed by atoms with Gasteiger partial charge in [-0.2, -0.15) is 0 Å². The van der Waals surface area contributed by atoms with E-state index in [0.717, 1.165) is 0 Å². The Hall–Kier alpha value is 0.114. The maximum absolute atomic E-state index is 2.41. The Bertz CT molecular complexity index is 693. The third kappa shape index (κ3) is 2.81. The predicted octanol–water partition coefficient (Wildman–Crippen LogP) is -0.628. The van der Waals surface area contributed by atoms with E-state index in [2.05, 4.69) is 85.4 Å². The summed E-state index contributed by atoms with van der Waals surface area (Å²) in [6.07, 6.45) is 2.41. The van der Waals surface area contributed by atoms with Crippen molar-refractivity contribution < 1.29 is 54.4 Å². The molecule has 0 radical (unpaired) electrons. The summed E-state index contributed by atoms with van der Waals surface area (Å²) < 4.78 is 0.508. The van der Waals surface area contributed by atoms with Crippen LogP contribution in [0.25, 0.3) is 6.08 Å². The Morgan fingerprint density at radius 3 is 2.05 bits per heavy atom. The van der Waals surface area contributed by atoms with Crippen molar-refractivity contribution in [3.05, 3.63) is 63.3 Å². The molecule has 1 unspecified atom stereocenters. The van der Waals surface area contributed by atoms with Gasteiger partial charge in [-0.3, -0.25) is 0 Å². The molecule has 1 aromatic rings. The van der Waals surface area contributed by atoms with Gasteiger partial charge in [0.15, 0.2) is 0 Å².